The largest absolute Gasteiger partial charge is 0.496 e. The summed E-state index contributed by atoms with van der Waals surface area (Å²) in [7, 11) is 1.67. The van der Waals surface area contributed by atoms with Gasteiger partial charge >= 0.3 is 0 Å². The molecular formula is C24H30N6O2. The Morgan fingerprint density at radius 2 is 2.03 bits per heavy atom. The fraction of sp³-hybridized carbons (Fsp3) is 0.417. The maximum Gasteiger partial charge on any atom is 0.237 e. The Morgan fingerprint density at radius 3 is 2.78 bits per heavy atom. The number of ether oxygens (including phenoxy) is 1. The number of nitrogens with one attached hydrogen (secondary N) is 1. The van der Waals surface area contributed by atoms with E-state index in [1.165, 1.54) is 16.7 Å². The molecule has 32 heavy (non-hydrogen) atoms. The molecule has 0 radical (unpaired) electrons. The summed E-state index contributed by atoms with van der Waals surface area (Å²) >= 11 is 0. The summed E-state index contributed by atoms with van der Waals surface area (Å²) in [6.45, 7) is 6.22. The number of methoxy groups -OCH3 is 1. The minimum Gasteiger partial charge on any atom is -0.496 e. The number of tetrazole rings is 1. The molecule has 0 aliphatic carbocycles. The Labute approximate surface area is 188 Å². The number of carbonyl (C=O) groups excluding carboxylic acids is 1. The number of nitrogens with zero attached hydrogens (tertiary/aromatic N) is 5. The summed E-state index contributed by atoms with van der Waals surface area (Å²) in [5.74, 6) is 0.887. The van der Waals surface area contributed by atoms with E-state index in [1.54, 1.807) is 18.1 Å². The van der Waals surface area contributed by atoms with Crippen LogP contribution in [0.5, 0.6) is 5.75 Å². The third-order valence-electron chi connectivity index (χ3n) is 6.18. The Hall–Kier alpha value is -3.26. The zero-order chi connectivity index (χ0) is 22.5. The minimum absolute atomic E-state index is 0.0419. The number of aromatic nitrogens is 4. The van der Waals surface area contributed by atoms with E-state index in [2.05, 4.69) is 57.8 Å². The molecule has 1 aromatic heterocycles. The highest BCUT2D eigenvalue weighted by atomic mass is 16.5. The SMILES string of the molecule is COc1ccccc1CCNC(=O)[C@@H]1C[C@H](n2cnnn2)CN1Cc1ccc(C)cc1C. The van der Waals surface area contributed by atoms with Gasteiger partial charge < -0.3 is 10.1 Å². The zero-order valence-corrected chi connectivity index (χ0v) is 18.9. The molecule has 0 spiro atoms. The predicted molar refractivity (Wildman–Crippen MR) is 121 cm³/mol. The lowest BCUT2D eigenvalue weighted by Crippen LogP contribution is -2.43. The van der Waals surface area contributed by atoms with Crippen molar-refractivity contribution in [1.82, 2.24) is 30.4 Å². The van der Waals surface area contributed by atoms with Crippen molar-refractivity contribution in [2.75, 3.05) is 20.2 Å². The molecule has 8 heteroatoms. The molecule has 0 unspecified atom stereocenters. The van der Waals surface area contributed by atoms with Crippen molar-refractivity contribution in [2.45, 2.75) is 45.3 Å². The first-order chi connectivity index (χ1) is 15.5. The van der Waals surface area contributed by atoms with Gasteiger partial charge in [0.2, 0.25) is 5.91 Å². The van der Waals surface area contributed by atoms with E-state index < -0.39 is 0 Å². The Bertz CT molecular complexity index is 1050. The fourth-order valence-electron chi connectivity index (χ4n) is 4.44. The average Bonchev–Trinajstić information content (AvgIpc) is 3.46. The number of hydrogen-bond donors (Lipinski definition) is 1. The van der Waals surface area contributed by atoms with Crippen LogP contribution in [-0.4, -0.2) is 57.3 Å². The second-order valence-corrected chi connectivity index (χ2v) is 8.41. The van der Waals surface area contributed by atoms with Gasteiger partial charge in [0.1, 0.15) is 12.1 Å². The van der Waals surface area contributed by atoms with Crippen LogP contribution in [-0.2, 0) is 17.8 Å². The van der Waals surface area contributed by atoms with Crippen LogP contribution in [0.1, 0.15) is 34.7 Å². The molecular weight excluding hydrogens is 404 g/mol. The molecule has 1 aliphatic heterocycles. The van der Waals surface area contributed by atoms with Crippen molar-refractivity contribution in [1.29, 1.82) is 0 Å². The van der Waals surface area contributed by atoms with Gasteiger partial charge in [-0.25, -0.2) is 4.68 Å². The predicted octanol–water partition coefficient (Wildman–Crippen LogP) is 2.47. The van der Waals surface area contributed by atoms with E-state index in [1.807, 2.05) is 24.3 Å². The van der Waals surface area contributed by atoms with Crippen molar-refractivity contribution in [3.8, 4) is 5.75 Å². The Morgan fingerprint density at radius 1 is 1.19 bits per heavy atom. The van der Waals surface area contributed by atoms with E-state index in [-0.39, 0.29) is 18.0 Å². The van der Waals surface area contributed by atoms with E-state index in [9.17, 15) is 4.79 Å². The molecule has 168 valence electrons. The molecule has 2 aromatic carbocycles. The smallest absolute Gasteiger partial charge is 0.237 e. The third-order valence-corrected chi connectivity index (χ3v) is 6.18. The number of carbonyl (C=O) groups is 1. The highest BCUT2D eigenvalue weighted by Gasteiger charge is 2.38. The first kappa shape index (κ1) is 22.0. The highest BCUT2D eigenvalue weighted by Crippen LogP contribution is 2.29. The number of aryl methyl sites for hydroxylation is 2. The van der Waals surface area contributed by atoms with E-state index in [4.69, 9.17) is 4.74 Å². The van der Waals surface area contributed by atoms with Crippen molar-refractivity contribution < 1.29 is 9.53 Å². The maximum atomic E-state index is 13.2. The molecule has 1 aliphatic rings. The maximum absolute atomic E-state index is 13.2. The van der Waals surface area contributed by atoms with Crippen LogP contribution in [0.3, 0.4) is 0 Å². The summed E-state index contributed by atoms with van der Waals surface area (Å²) < 4.78 is 7.18. The normalized spacial score (nSPS) is 18.6. The van der Waals surface area contributed by atoms with Gasteiger partial charge in [-0.3, -0.25) is 9.69 Å². The zero-order valence-electron chi connectivity index (χ0n) is 18.9. The Kier molecular flexibility index (Phi) is 6.80. The van der Waals surface area contributed by atoms with Gasteiger partial charge in [-0.15, -0.1) is 5.10 Å². The first-order valence-corrected chi connectivity index (χ1v) is 11.0. The molecule has 3 aromatic rings. The van der Waals surface area contributed by atoms with Crippen molar-refractivity contribution >= 4 is 5.91 Å². The van der Waals surface area contributed by atoms with Gasteiger partial charge in [0.05, 0.1) is 19.2 Å². The summed E-state index contributed by atoms with van der Waals surface area (Å²) in [6.07, 6.45) is 3.02. The molecule has 0 bridgehead atoms. The number of amides is 1. The van der Waals surface area contributed by atoms with Crippen LogP contribution in [0.25, 0.3) is 0 Å². The van der Waals surface area contributed by atoms with Gasteiger partial charge in [-0.05, 0) is 59.9 Å². The summed E-state index contributed by atoms with van der Waals surface area (Å²) in [5, 5.41) is 14.7. The summed E-state index contributed by atoms with van der Waals surface area (Å²) in [4.78, 5) is 15.4. The molecule has 2 atom stereocenters. The van der Waals surface area contributed by atoms with E-state index in [0.717, 1.165) is 30.8 Å². The van der Waals surface area contributed by atoms with Crippen molar-refractivity contribution in [3.63, 3.8) is 0 Å². The molecule has 2 heterocycles. The number of para-hydroxylation sites is 1. The number of rotatable bonds is 8. The second-order valence-electron chi connectivity index (χ2n) is 8.41. The molecule has 1 N–H and O–H groups in total. The molecule has 0 saturated carbocycles. The standard InChI is InChI=1S/C24H30N6O2/c1-17-8-9-20(18(2)12-17)14-29-15-21(30-16-26-27-28-30)13-22(29)24(31)25-11-10-19-6-4-5-7-23(19)32-3/h4-9,12,16,21-22H,10-11,13-15H2,1-3H3,(H,25,31)/t21-,22-/m0/s1. The highest BCUT2D eigenvalue weighted by molar-refractivity contribution is 5.82. The number of likely N-dealkylation sites (tertiary alicyclic amines) is 1. The van der Waals surface area contributed by atoms with Gasteiger partial charge in [-0.1, -0.05) is 42.0 Å². The van der Waals surface area contributed by atoms with Gasteiger partial charge in [0, 0.05) is 19.6 Å². The first-order valence-electron chi connectivity index (χ1n) is 11.0. The fourth-order valence-corrected chi connectivity index (χ4v) is 4.44. The molecule has 1 fully saturated rings. The van der Waals surface area contributed by atoms with Crippen LogP contribution >= 0.6 is 0 Å². The van der Waals surface area contributed by atoms with Gasteiger partial charge in [0.15, 0.2) is 0 Å². The van der Waals surface area contributed by atoms with Crippen molar-refractivity contribution in [3.05, 3.63) is 71.0 Å². The molecule has 1 saturated heterocycles. The van der Waals surface area contributed by atoms with Crippen LogP contribution in [0, 0.1) is 13.8 Å². The lowest BCUT2D eigenvalue weighted by Gasteiger charge is -2.24. The summed E-state index contributed by atoms with van der Waals surface area (Å²) in [5.41, 5.74) is 4.80. The Balaban J connectivity index is 1.44. The van der Waals surface area contributed by atoms with Gasteiger partial charge in [0.25, 0.3) is 0 Å². The monoisotopic (exact) mass is 434 g/mol. The van der Waals surface area contributed by atoms with Crippen LogP contribution in [0.15, 0.2) is 48.8 Å². The molecule has 8 nitrogen and oxygen atoms in total. The molecule has 1 amide bonds. The second kappa shape index (κ2) is 9.91. The van der Waals surface area contributed by atoms with Gasteiger partial charge in [-0.2, -0.15) is 0 Å². The number of hydrogen-bond acceptors (Lipinski definition) is 6. The molecule has 4 rings (SSSR count). The van der Waals surface area contributed by atoms with Crippen LogP contribution in [0.4, 0.5) is 0 Å². The van der Waals surface area contributed by atoms with E-state index >= 15 is 0 Å². The quantitative estimate of drug-likeness (QED) is 0.586. The number of benzene rings is 2. The van der Waals surface area contributed by atoms with E-state index in [0.29, 0.717) is 13.0 Å². The van der Waals surface area contributed by atoms with Crippen molar-refractivity contribution in [2.24, 2.45) is 0 Å². The lowest BCUT2D eigenvalue weighted by atomic mass is 10.0. The minimum atomic E-state index is -0.234. The van der Waals surface area contributed by atoms with Crippen LogP contribution in [0.2, 0.25) is 0 Å². The lowest BCUT2D eigenvalue weighted by molar-refractivity contribution is -0.125. The van der Waals surface area contributed by atoms with Crippen LogP contribution < -0.4 is 10.1 Å². The summed E-state index contributed by atoms with van der Waals surface area (Å²) in [6, 6.07) is 14.2. The third kappa shape index (κ3) is 4.96. The topological polar surface area (TPSA) is 85.2 Å². The average molecular weight is 435 g/mol.